The van der Waals surface area contributed by atoms with Crippen molar-refractivity contribution < 1.29 is 28.8 Å². The van der Waals surface area contributed by atoms with Gasteiger partial charge in [0, 0.05) is 5.57 Å². The molecule has 1 heterocycles. The van der Waals surface area contributed by atoms with Crippen LogP contribution in [0.1, 0.15) is 27.6 Å². The summed E-state index contributed by atoms with van der Waals surface area (Å²) in [6.45, 7) is 4.76. The molecule has 1 N–H and O–H groups in total. The lowest BCUT2D eigenvalue weighted by Gasteiger charge is -2.13. The molecule has 8 heteroatoms. The molecule has 1 aromatic carbocycles. The van der Waals surface area contributed by atoms with Crippen LogP contribution in [-0.2, 0) is 14.4 Å². The van der Waals surface area contributed by atoms with Crippen LogP contribution in [0.25, 0.3) is 0 Å². The van der Waals surface area contributed by atoms with E-state index in [1.165, 1.54) is 19.1 Å². The molecule has 0 aromatic heterocycles. The third kappa shape index (κ3) is 3.54. The number of esters is 1. The summed E-state index contributed by atoms with van der Waals surface area (Å²) in [7, 11) is 0. The lowest BCUT2D eigenvalue weighted by Crippen LogP contribution is -2.38. The van der Waals surface area contributed by atoms with E-state index in [4.69, 9.17) is 9.57 Å². The van der Waals surface area contributed by atoms with E-state index >= 15 is 0 Å². The second-order valence-electron chi connectivity index (χ2n) is 4.67. The molecule has 0 atom stereocenters. The summed E-state index contributed by atoms with van der Waals surface area (Å²) < 4.78 is 4.76. The van der Waals surface area contributed by atoms with Gasteiger partial charge in [-0.2, -0.15) is 0 Å². The van der Waals surface area contributed by atoms with Gasteiger partial charge >= 0.3 is 12.1 Å². The van der Waals surface area contributed by atoms with Crippen LogP contribution in [0, 0.1) is 0 Å². The molecular formula is C15H14N2O6. The summed E-state index contributed by atoms with van der Waals surface area (Å²) in [4.78, 5) is 51.3. The molecule has 0 bridgehead atoms. The van der Waals surface area contributed by atoms with Crippen molar-refractivity contribution in [1.82, 2.24) is 10.4 Å². The first-order chi connectivity index (χ1) is 10.9. The molecule has 0 saturated heterocycles. The molecular weight excluding hydrogens is 304 g/mol. The molecule has 120 valence electrons. The van der Waals surface area contributed by atoms with Gasteiger partial charge in [-0.05, 0) is 19.1 Å². The molecule has 0 unspecified atom stereocenters. The van der Waals surface area contributed by atoms with Crippen molar-refractivity contribution in [2.45, 2.75) is 6.92 Å². The highest BCUT2D eigenvalue weighted by molar-refractivity contribution is 6.20. The summed E-state index contributed by atoms with van der Waals surface area (Å²) in [5.41, 5.74) is 0.569. The van der Waals surface area contributed by atoms with Crippen LogP contribution in [0.3, 0.4) is 0 Å². The highest BCUT2D eigenvalue weighted by Crippen LogP contribution is 2.22. The number of carbonyl (C=O) groups excluding carboxylic acids is 4. The second kappa shape index (κ2) is 6.73. The Kier molecular flexibility index (Phi) is 4.75. The predicted octanol–water partition coefficient (Wildman–Crippen LogP) is 1.04. The van der Waals surface area contributed by atoms with Crippen LogP contribution in [0.15, 0.2) is 36.4 Å². The van der Waals surface area contributed by atoms with Crippen molar-refractivity contribution in [1.29, 1.82) is 0 Å². The summed E-state index contributed by atoms with van der Waals surface area (Å²) >= 11 is 0. The smallest absolute Gasteiger partial charge is 0.432 e. The minimum absolute atomic E-state index is 0.0407. The van der Waals surface area contributed by atoms with Crippen molar-refractivity contribution in [3.05, 3.63) is 47.5 Å². The molecule has 0 aliphatic carbocycles. The number of fused-ring (bicyclic) bond motifs is 1. The second-order valence-corrected chi connectivity index (χ2v) is 4.67. The Bertz CT molecular complexity index is 662. The van der Waals surface area contributed by atoms with Gasteiger partial charge in [0.1, 0.15) is 6.61 Å². The van der Waals surface area contributed by atoms with Crippen LogP contribution < -0.4 is 5.32 Å². The van der Waals surface area contributed by atoms with Crippen molar-refractivity contribution in [2.75, 3.05) is 13.2 Å². The first kappa shape index (κ1) is 16.2. The number of hydrogen-bond acceptors (Lipinski definition) is 6. The fourth-order valence-electron chi connectivity index (χ4n) is 1.79. The highest BCUT2D eigenvalue weighted by atomic mass is 16.7. The standard InChI is InChI=1S/C15H14N2O6/c1-9(2)14(20)22-8-7-16-15(21)23-17-12(18)10-5-3-4-6-11(10)13(17)19/h3-6H,1,7-8H2,2H3,(H,16,21). The van der Waals surface area contributed by atoms with Gasteiger partial charge in [-0.3, -0.25) is 9.59 Å². The molecule has 1 aliphatic rings. The Morgan fingerprint density at radius 2 is 1.74 bits per heavy atom. The van der Waals surface area contributed by atoms with Crippen LogP contribution in [-0.4, -0.2) is 42.1 Å². The van der Waals surface area contributed by atoms with E-state index in [-0.39, 0.29) is 29.9 Å². The average molecular weight is 318 g/mol. The maximum Gasteiger partial charge on any atom is 0.432 e. The SMILES string of the molecule is C=C(C)C(=O)OCCNC(=O)ON1C(=O)c2ccccc2C1=O. The molecule has 8 nitrogen and oxygen atoms in total. The molecule has 0 spiro atoms. The number of ether oxygens (including phenoxy) is 1. The molecule has 1 aliphatic heterocycles. The molecule has 3 amide bonds. The average Bonchev–Trinajstić information content (AvgIpc) is 2.77. The van der Waals surface area contributed by atoms with E-state index < -0.39 is 23.9 Å². The Morgan fingerprint density at radius 1 is 1.17 bits per heavy atom. The molecule has 0 fully saturated rings. The Hall–Kier alpha value is -3.16. The molecule has 2 rings (SSSR count). The summed E-state index contributed by atoms with van der Waals surface area (Å²) in [6, 6.07) is 6.13. The zero-order valence-corrected chi connectivity index (χ0v) is 12.3. The van der Waals surface area contributed by atoms with E-state index in [0.717, 1.165) is 0 Å². The predicted molar refractivity (Wildman–Crippen MR) is 77.2 cm³/mol. The summed E-state index contributed by atoms with van der Waals surface area (Å²) in [5, 5.41) is 2.65. The van der Waals surface area contributed by atoms with E-state index in [1.54, 1.807) is 12.1 Å². The monoisotopic (exact) mass is 318 g/mol. The van der Waals surface area contributed by atoms with E-state index in [0.29, 0.717) is 5.06 Å². The van der Waals surface area contributed by atoms with Gasteiger partial charge in [-0.1, -0.05) is 23.8 Å². The van der Waals surface area contributed by atoms with Crippen molar-refractivity contribution in [3.63, 3.8) is 0 Å². The van der Waals surface area contributed by atoms with E-state index in [1.807, 2.05) is 0 Å². The van der Waals surface area contributed by atoms with E-state index in [9.17, 15) is 19.2 Å². The van der Waals surface area contributed by atoms with Crippen LogP contribution in [0.2, 0.25) is 0 Å². The number of rotatable bonds is 5. The maximum absolute atomic E-state index is 12.0. The zero-order chi connectivity index (χ0) is 17.0. The Balaban J connectivity index is 1.83. The summed E-state index contributed by atoms with van der Waals surface area (Å²) in [5.74, 6) is -2.01. The maximum atomic E-state index is 12.0. The largest absolute Gasteiger partial charge is 0.460 e. The number of hydrogen-bond donors (Lipinski definition) is 1. The van der Waals surface area contributed by atoms with Gasteiger partial charge in [0.15, 0.2) is 0 Å². The number of hydroxylamine groups is 2. The zero-order valence-electron chi connectivity index (χ0n) is 12.3. The lowest BCUT2D eigenvalue weighted by molar-refractivity contribution is -0.138. The van der Waals surface area contributed by atoms with Crippen molar-refractivity contribution in [2.24, 2.45) is 0 Å². The highest BCUT2D eigenvalue weighted by Gasteiger charge is 2.38. The first-order valence-corrected chi connectivity index (χ1v) is 6.68. The number of carbonyl (C=O) groups is 4. The normalized spacial score (nSPS) is 12.7. The van der Waals surface area contributed by atoms with E-state index in [2.05, 4.69) is 11.9 Å². The quantitative estimate of drug-likeness (QED) is 0.377. The number of nitrogens with zero attached hydrogens (tertiary/aromatic N) is 1. The third-order valence-electron chi connectivity index (χ3n) is 2.88. The Morgan fingerprint density at radius 3 is 2.26 bits per heavy atom. The third-order valence-corrected chi connectivity index (χ3v) is 2.88. The lowest BCUT2D eigenvalue weighted by atomic mass is 10.1. The molecule has 23 heavy (non-hydrogen) atoms. The van der Waals surface area contributed by atoms with Gasteiger partial charge in [-0.25, -0.2) is 9.59 Å². The molecule has 0 saturated carbocycles. The fraction of sp³-hybridized carbons (Fsp3) is 0.200. The summed E-state index contributed by atoms with van der Waals surface area (Å²) in [6.07, 6.45) is -1.01. The minimum Gasteiger partial charge on any atom is -0.460 e. The first-order valence-electron chi connectivity index (χ1n) is 6.68. The van der Waals surface area contributed by atoms with Gasteiger partial charge in [0.2, 0.25) is 0 Å². The van der Waals surface area contributed by atoms with Crippen LogP contribution >= 0.6 is 0 Å². The van der Waals surface area contributed by atoms with Gasteiger partial charge in [0.25, 0.3) is 11.8 Å². The van der Waals surface area contributed by atoms with Crippen LogP contribution in [0.5, 0.6) is 0 Å². The minimum atomic E-state index is -1.01. The van der Waals surface area contributed by atoms with Crippen molar-refractivity contribution >= 4 is 23.9 Å². The fourth-order valence-corrected chi connectivity index (χ4v) is 1.79. The van der Waals surface area contributed by atoms with Crippen LogP contribution in [0.4, 0.5) is 4.79 Å². The van der Waals surface area contributed by atoms with Crippen molar-refractivity contribution in [3.8, 4) is 0 Å². The molecule has 0 radical (unpaired) electrons. The number of amides is 3. The van der Waals surface area contributed by atoms with Gasteiger partial charge < -0.3 is 14.9 Å². The van der Waals surface area contributed by atoms with Gasteiger partial charge in [0.05, 0.1) is 17.7 Å². The topological polar surface area (TPSA) is 102 Å². The number of imide groups is 1. The molecule has 1 aromatic rings. The number of nitrogens with one attached hydrogen (secondary N) is 1. The van der Waals surface area contributed by atoms with Gasteiger partial charge in [-0.15, -0.1) is 0 Å². The Labute approximate surface area is 131 Å². The number of benzene rings is 1.